The topological polar surface area (TPSA) is 79.4 Å². The van der Waals surface area contributed by atoms with Crippen molar-refractivity contribution in [3.63, 3.8) is 0 Å². The van der Waals surface area contributed by atoms with E-state index in [-0.39, 0.29) is 11.8 Å². The monoisotopic (exact) mass is 425 g/mol. The number of nitrogens with zero attached hydrogens (tertiary/aromatic N) is 2. The third-order valence-corrected chi connectivity index (χ3v) is 9.64. The van der Waals surface area contributed by atoms with Gasteiger partial charge in [0.1, 0.15) is 4.21 Å². The van der Waals surface area contributed by atoms with Crippen LogP contribution in [0.5, 0.6) is 0 Å². The lowest BCUT2D eigenvalue weighted by Crippen LogP contribution is -2.41. The van der Waals surface area contributed by atoms with Gasteiger partial charge in [-0.15, -0.1) is 22.7 Å². The number of carbonyl (C=O) groups excluding carboxylic acids is 1. The van der Waals surface area contributed by atoms with Gasteiger partial charge in [0.2, 0.25) is 5.91 Å². The number of piperidine rings is 1. The molecule has 27 heavy (non-hydrogen) atoms. The average Bonchev–Trinajstić information content (AvgIpc) is 3.31. The number of thiazole rings is 1. The smallest absolute Gasteiger partial charge is 0.252 e. The number of carbonyl (C=O) groups is 1. The van der Waals surface area contributed by atoms with Crippen LogP contribution in [0.1, 0.15) is 36.8 Å². The zero-order valence-corrected chi connectivity index (χ0v) is 17.6. The second kappa shape index (κ2) is 7.62. The van der Waals surface area contributed by atoms with E-state index < -0.39 is 10.0 Å². The van der Waals surface area contributed by atoms with Crippen molar-refractivity contribution in [2.24, 2.45) is 11.8 Å². The minimum atomic E-state index is -3.42. The van der Waals surface area contributed by atoms with Crippen molar-refractivity contribution < 1.29 is 13.2 Å². The van der Waals surface area contributed by atoms with Gasteiger partial charge in [-0.25, -0.2) is 13.4 Å². The number of fused-ring (bicyclic) bond motifs is 1. The largest absolute Gasteiger partial charge is 0.302 e. The molecule has 1 amide bonds. The summed E-state index contributed by atoms with van der Waals surface area (Å²) in [4.78, 5) is 18.5. The number of thiophene rings is 1. The highest BCUT2D eigenvalue weighted by atomic mass is 32.2. The molecule has 1 aliphatic carbocycles. The van der Waals surface area contributed by atoms with E-state index in [2.05, 4.69) is 17.2 Å². The van der Waals surface area contributed by atoms with Crippen LogP contribution in [0, 0.1) is 11.8 Å². The summed E-state index contributed by atoms with van der Waals surface area (Å²) in [5.41, 5.74) is 1.13. The van der Waals surface area contributed by atoms with E-state index in [9.17, 15) is 13.2 Å². The number of sulfonamides is 1. The molecule has 2 aromatic heterocycles. The van der Waals surface area contributed by atoms with Crippen molar-refractivity contribution in [3.8, 4) is 0 Å². The molecule has 1 N–H and O–H groups in total. The first-order valence-corrected chi connectivity index (χ1v) is 12.4. The van der Waals surface area contributed by atoms with E-state index in [0.717, 1.165) is 25.0 Å². The highest BCUT2D eigenvalue weighted by molar-refractivity contribution is 7.91. The fraction of sp³-hybridized carbons (Fsp3) is 0.556. The summed E-state index contributed by atoms with van der Waals surface area (Å²) < 4.78 is 27.0. The molecule has 146 valence electrons. The number of aryl methyl sites for hydroxylation is 1. The first-order chi connectivity index (χ1) is 12.9. The highest BCUT2D eigenvalue weighted by Gasteiger charge is 2.33. The Morgan fingerprint density at radius 1 is 1.30 bits per heavy atom. The summed E-state index contributed by atoms with van der Waals surface area (Å²) >= 11 is 2.82. The Morgan fingerprint density at radius 2 is 2.07 bits per heavy atom. The van der Waals surface area contributed by atoms with Crippen molar-refractivity contribution in [3.05, 3.63) is 28.1 Å². The fourth-order valence-electron chi connectivity index (χ4n) is 3.70. The first-order valence-electron chi connectivity index (χ1n) is 9.26. The number of amides is 1. The Morgan fingerprint density at radius 3 is 2.78 bits per heavy atom. The summed E-state index contributed by atoms with van der Waals surface area (Å²) in [5.74, 6) is 0.470. The van der Waals surface area contributed by atoms with Crippen molar-refractivity contribution in [1.29, 1.82) is 0 Å². The van der Waals surface area contributed by atoms with Gasteiger partial charge in [-0.3, -0.25) is 4.79 Å². The van der Waals surface area contributed by atoms with Crippen molar-refractivity contribution >= 4 is 43.7 Å². The lowest BCUT2D eigenvalue weighted by molar-refractivity contribution is -0.120. The van der Waals surface area contributed by atoms with Crippen LogP contribution in [-0.4, -0.2) is 36.7 Å². The third-order valence-electron chi connectivity index (χ3n) is 5.33. The highest BCUT2D eigenvalue weighted by Crippen LogP contribution is 2.33. The molecule has 0 spiro atoms. The van der Waals surface area contributed by atoms with E-state index in [1.54, 1.807) is 28.8 Å². The number of nitrogens with one attached hydrogen (secondary N) is 1. The molecule has 3 heterocycles. The summed E-state index contributed by atoms with van der Waals surface area (Å²) in [7, 11) is -3.42. The molecule has 0 unspecified atom stereocenters. The zero-order chi connectivity index (χ0) is 19.0. The molecule has 1 atom stereocenters. The Balaban J connectivity index is 1.35. The SMILES string of the molecule is C[C@@H]1CCc2nc(NC(=O)C3CCN(S(=O)(=O)c4cccs4)CC3)sc2C1. The molecule has 6 nitrogen and oxygen atoms in total. The molecule has 2 aliphatic rings. The van der Waals surface area contributed by atoms with E-state index >= 15 is 0 Å². The summed E-state index contributed by atoms with van der Waals surface area (Å²) in [6.45, 7) is 3.01. The maximum atomic E-state index is 12.6. The predicted molar refractivity (Wildman–Crippen MR) is 108 cm³/mol. The normalized spacial score (nSPS) is 21.7. The molecule has 1 aliphatic heterocycles. The van der Waals surface area contributed by atoms with Crippen LogP contribution in [0.25, 0.3) is 0 Å². The Bertz CT molecular complexity index is 913. The van der Waals surface area contributed by atoms with Gasteiger partial charge in [-0.05, 0) is 49.5 Å². The predicted octanol–water partition coefficient (Wildman–Crippen LogP) is 3.37. The first kappa shape index (κ1) is 19.0. The van der Waals surface area contributed by atoms with Crippen molar-refractivity contribution in [2.75, 3.05) is 18.4 Å². The molecule has 2 aromatic rings. The Kier molecular flexibility index (Phi) is 5.37. The molecule has 0 saturated carbocycles. The molecular weight excluding hydrogens is 402 g/mol. The standard InChI is InChI=1S/C18H23N3O3S3/c1-12-4-5-14-15(11-12)26-18(19-14)20-17(22)13-6-8-21(9-7-13)27(23,24)16-3-2-10-25-16/h2-3,10,12-13H,4-9,11H2,1H3,(H,19,20,22)/t12-/m1/s1. The number of aromatic nitrogens is 1. The molecule has 0 bridgehead atoms. The van der Waals surface area contributed by atoms with Gasteiger partial charge in [-0.1, -0.05) is 13.0 Å². The number of hydrogen-bond donors (Lipinski definition) is 1. The van der Waals surface area contributed by atoms with Crippen LogP contribution < -0.4 is 5.32 Å². The minimum Gasteiger partial charge on any atom is -0.302 e. The quantitative estimate of drug-likeness (QED) is 0.815. The molecule has 0 aromatic carbocycles. The van der Waals surface area contributed by atoms with Gasteiger partial charge in [0.25, 0.3) is 10.0 Å². The summed E-state index contributed by atoms with van der Waals surface area (Å²) in [5, 5.41) is 5.42. The van der Waals surface area contributed by atoms with Crippen LogP contribution in [0.3, 0.4) is 0 Å². The molecule has 0 radical (unpaired) electrons. The summed E-state index contributed by atoms with van der Waals surface area (Å²) in [6.07, 6.45) is 4.27. The second-order valence-electron chi connectivity index (χ2n) is 7.34. The van der Waals surface area contributed by atoms with Crippen molar-refractivity contribution in [2.45, 2.75) is 43.2 Å². The second-order valence-corrected chi connectivity index (χ2v) is 11.5. The maximum Gasteiger partial charge on any atom is 0.252 e. The fourth-order valence-corrected chi connectivity index (χ4v) is 7.49. The van der Waals surface area contributed by atoms with Gasteiger partial charge in [0.05, 0.1) is 5.69 Å². The van der Waals surface area contributed by atoms with Crippen LogP contribution >= 0.6 is 22.7 Å². The van der Waals surface area contributed by atoms with Crippen LogP contribution in [0.4, 0.5) is 5.13 Å². The lowest BCUT2D eigenvalue weighted by Gasteiger charge is -2.29. The van der Waals surface area contributed by atoms with E-state index in [0.29, 0.717) is 41.2 Å². The van der Waals surface area contributed by atoms with E-state index in [1.807, 2.05) is 0 Å². The molecule has 1 saturated heterocycles. The Hall–Kier alpha value is -1.29. The average molecular weight is 426 g/mol. The maximum absolute atomic E-state index is 12.6. The molecule has 4 rings (SSSR count). The van der Waals surface area contributed by atoms with E-state index in [4.69, 9.17) is 0 Å². The number of hydrogen-bond acceptors (Lipinski definition) is 6. The molecule has 9 heteroatoms. The third kappa shape index (κ3) is 3.96. The van der Waals surface area contributed by atoms with Gasteiger partial charge >= 0.3 is 0 Å². The van der Waals surface area contributed by atoms with E-state index in [1.165, 1.54) is 20.5 Å². The van der Waals surface area contributed by atoms with Gasteiger partial charge < -0.3 is 5.32 Å². The van der Waals surface area contributed by atoms with Crippen LogP contribution in [0.2, 0.25) is 0 Å². The lowest BCUT2D eigenvalue weighted by atomic mass is 9.93. The molecule has 1 fully saturated rings. The zero-order valence-electron chi connectivity index (χ0n) is 15.2. The van der Waals surface area contributed by atoms with Crippen LogP contribution in [0.15, 0.2) is 21.7 Å². The molecular formula is C18H23N3O3S3. The van der Waals surface area contributed by atoms with Crippen LogP contribution in [-0.2, 0) is 27.7 Å². The van der Waals surface area contributed by atoms with Gasteiger partial charge in [0.15, 0.2) is 5.13 Å². The van der Waals surface area contributed by atoms with Gasteiger partial charge in [-0.2, -0.15) is 4.31 Å². The number of anilines is 1. The van der Waals surface area contributed by atoms with Gasteiger partial charge in [0, 0.05) is 23.9 Å². The van der Waals surface area contributed by atoms with Crippen molar-refractivity contribution in [1.82, 2.24) is 9.29 Å². The Labute approximate surface area is 167 Å². The minimum absolute atomic E-state index is 0.0395. The summed E-state index contributed by atoms with van der Waals surface area (Å²) in [6, 6.07) is 3.37. The number of rotatable bonds is 4.